The summed E-state index contributed by atoms with van der Waals surface area (Å²) in [5.41, 5.74) is 1.50. The maximum Gasteiger partial charge on any atom is 0.296 e. The molecule has 0 bridgehead atoms. The zero-order valence-electron chi connectivity index (χ0n) is 15.6. The van der Waals surface area contributed by atoms with E-state index in [1.807, 2.05) is 18.2 Å². The lowest BCUT2D eigenvalue weighted by Crippen LogP contribution is -2.30. The van der Waals surface area contributed by atoms with Crippen molar-refractivity contribution in [2.45, 2.75) is 6.54 Å². The van der Waals surface area contributed by atoms with Crippen LogP contribution in [-0.2, 0) is 6.54 Å². The average molecular weight is 474 g/mol. The van der Waals surface area contributed by atoms with Crippen LogP contribution >= 0.6 is 27.3 Å². The van der Waals surface area contributed by atoms with E-state index in [1.165, 1.54) is 11.3 Å². The van der Waals surface area contributed by atoms with Gasteiger partial charge in [-0.3, -0.25) is 14.7 Å². The summed E-state index contributed by atoms with van der Waals surface area (Å²) in [5.74, 6) is 1.17. The highest BCUT2D eigenvalue weighted by atomic mass is 79.9. The summed E-state index contributed by atoms with van der Waals surface area (Å²) in [6.45, 7) is 0.287. The van der Waals surface area contributed by atoms with Crippen LogP contribution in [0.3, 0.4) is 0 Å². The van der Waals surface area contributed by atoms with Gasteiger partial charge in [0.2, 0.25) is 0 Å². The monoisotopic (exact) mass is 473 g/mol. The van der Waals surface area contributed by atoms with Crippen molar-refractivity contribution in [1.29, 1.82) is 0 Å². The van der Waals surface area contributed by atoms with Gasteiger partial charge < -0.3 is 13.9 Å². The molecule has 4 rings (SSSR count). The van der Waals surface area contributed by atoms with Gasteiger partial charge in [-0.1, -0.05) is 17.4 Å². The molecule has 29 heavy (non-hydrogen) atoms. The molecule has 3 aromatic heterocycles. The van der Waals surface area contributed by atoms with Crippen LogP contribution in [0, 0.1) is 0 Å². The second-order valence-electron chi connectivity index (χ2n) is 6.00. The van der Waals surface area contributed by atoms with Crippen molar-refractivity contribution in [2.24, 2.45) is 0 Å². The van der Waals surface area contributed by atoms with Crippen LogP contribution in [-0.4, -0.2) is 30.1 Å². The third kappa shape index (κ3) is 3.83. The number of fused-ring (bicyclic) bond motifs is 1. The Balaban J connectivity index is 1.83. The standard InChI is InChI=1S/C20H16BrN3O4S/c1-26-13-5-6-14(27-2)18-17(13)23-20(29-18)24(11-12-4-3-9-22-10-12)19(25)15-7-8-16(21)28-15/h3-10H,11H2,1-2H3. The molecule has 4 aromatic rings. The molecule has 0 radical (unpaired) electrons. The quantitative estimate of drug-likeness (QED) is 0.395. The van der Waals surface area contributed by atoms with Crippen LogP contribution in [0.4, 0.5) is 5.13 Å². The van der Waals surface area contributed by atoms with Gasteiger partial charge in [-0.05, 0) is 51.8 Å². The second kappa shape index (κ2) is 8.22. The Kier molecular flexibility index (Phi) is 5.50. The Bertz CT molecular complexity index is 1120. The van der Waals surface area contributed by atoms with Gasteiger partial charge in [-0.2, -0.15) is 0 Å². The highest BCUT2D eigenvalue weighted by molar-refractivity contribution is 9.10. The van der Waals surface area contributed by atoms with Crippen molar-refractivity contribution in [2.75, 3.05) is 19.1 Å². The van der Waals surface area contributed by atoms with Gasteiger partial charge >= 0.3 is 0 Å². The first-order chi connectivity index (χ1) is 14.1. The van der Waals surface area contributed by atoms with Gasteiger partial charge in [0.1, 0.15) is 21.7 Å². The summed E-state index contributed by atoms with van der Waals surface area (Å²) in [6.07, 6.45) is 3.40. The maximum atomic E-state index is 13.2. The molecule has 7 nitrogen and oxygen atoms in total. The molecule has 9 heteroatoms. The normalized spacial score (nSPS) is 10.9. The Hall–Kier alpha value is -2.91. The fraction of sp³-hybridized carbons (Fsp3) is 0.150. The summed E-state index contributed by atoms with van der Waals surface area (Å²) in [5, 5.41) is 0.504. The summed E-state index contributed by atoms with van der Waals surface area (Å²) in [6, 6.07) is 10.6. The Morgan fingerprint density at radius 2 is 1.97 bits per heavy atom. The number of benzene rings is 1. The lowest BCUT2D eigenvalue weighted by Gasteiger charge is -2.18. The topological polar surface area (TPSA) is 77.7 Å². The molecule has 0 aliphatic heterocycles. The molecule has 0 fully saturated rings. The number of rotatable bonds is 6. The van der Waals surface area contributed by atoms with E-state index in [0.29, 0.717) is 26.8 Å². The summed E-state index contributed by atoms with van der Waals surface area (Å²) >= 11 is 4.60. The van der Waals surface area contributed by atoms with E-state index in [9.17, 15) is 4.79 Å². The van der Waals surface area contributed by atoms with Gasteiger partial charge in [0.15, 0.2) is 15.6 Å². The third-order valence-corrected chi connectivity index (χ3v) is 5.74. The number of pyridine rings is 1. The van der Waals surface area contributed by atoms with Crippen molar-refractivity contribution in [3.63, 3.8) is 0 Å². The van der Waals surface area contributed by atoms with Crippen molar-refractivity contribution >= 4 is 48.5 Å². The van der Waals surface area contributed by atoms with E-state index >= 15 is 0 Å². The molecule has 0 N–H and O–H groups in total. The molecular formula is C20H16BrN3O4S. The third-order valence-electron chi connectivity index (χ3n) is 4.22. The van der Waals surface area contributed by atoms with Crippen LogP contribution < -0.4 is 14.4 Å². The molecule has 0 aliphatic carbocycles. The molecular weight excluding hydrogens is 458 g/mol. The predicted octanol–water partition coefficient (Wildman–Crippen LogP) is 4.91. The zero-order chi connectivity index (χ0) is 20.4. The number of hydrogen-bond donors (Lipinski definition) is 0. The number of thiazole rings is 1. The summed E-state index contributed by atoms with van der Waals surface area (Å²) in [4.78, 5) is 23.6. The van der Waals surface area contributed by atoms with Gasteiger partial charge in [-0.25, -0.2) is 4.98 Å². The summed E-state index contributed by atoms with van der Waals surface area (Å²) < 4.78 is 17.7. The largest absolute Gasteiger partial charge is 0.495 e. The van der Waals surface area contributed by atoms with Crippen LogP contribution in [0.5, 0.6) is 11.5 Å². The zero-order valence-corrected chi connectivity index (χ0v) is 18.0. The Labute approximate surface area is 179 Å². The second-order valence-corrected chi connectivity index (χ2v) is 7.76. The highest BCUT2D eigenvalue weighted by Crippen LogP contribution is 2.40. The van der Waals surface area contributed by atoms with Crippen LogP contribution in [0.2, 0.25) is 0 Å². The smallest absolute Gasteiger partial charge is 0.296 e. The number of ether oxygens (including phenoxy) is 2. The molecule has 0 aliphatic rings. The van der Waals surface area contributed by atoms with Crippen LogP contribution in [0.1, 0.15) is 16.1 Å². The molecule has 1 aromatic carbocycles. The van der Waals surface area contributed by atoms with Crippen molar-refractivity contribution in [3.8, 4) is 11.5 Å². The van der Waals surface area contributed by atoms with Gasteiger partial charge in [0.25, 0.3) is 5.91 Å². The number of aromatic nitrogens is 2. The number of methoxy groups -OCH3 is 2. The molecule has 0 saturated heterocycles. The average Bonchev–Trinajstić information content (AvgIpc) is 3.38. The number of carbonyl (C=O) groups is 1. The fourth-order valence-corrected chi connectivity index (χ4v) is 4.23. The minimum absolute atomic E-state index is 0.207. The first kappa shape index (κ1) is 19.4. The molecule has 3 heterocycles. The first-order valence-corrected chi connectivity index (χ1v) is 10.2. The van der Waals surface area contributed by atoms with Gasteiger partial charge in [-0.15, -0.1) is 0 Å². The number of carbonyl (C=O) groups excluding carboxylic acids is 1. The lowest BCUT2D eigenvalue weighted by atomic mass is 10.2. The van der Waals surface area contributed by atoms with E-state index in [-0.39, 0.29) is 18.2 Å². The van der Waals surface area contributed by atoms with Gasteiger partial charge in [0.05, 0.1) is 20.8 Å². The molecule has 0 atom stereocenters. The van der Waals surface area contributed by atoms with Crippen LogP contribution in [0.15, 0.2) is 57.9 Å². The van der Waals surface area contributed by atoms with Crippen molar-refractivity contribution in [1.82, 2.24) is 9.97 Å². The Morgan fingerprint density at radius 3 is 2.62 bits per heavy atom. The van der Waals surface area contributed by atoms with Gasteiger partial charge in [0, 0.05) is 12.4 Å². The molecule has 0 saturated carbocycles. The van der Waals surface area contributed by atoms with Crippen molar-refractivity contribution < 1.29 is 18.7 Å². The maximum absolute atomic E-state index is 13.2. The number of nitrogens with zero attached hydrogens (tertiary/aromatic N) is 3. The number of furan rings is 1. The van der Waals surface area contributed by atoms with E-state index in [2.05, 4.69) is 25.9 Å². The number of halogens is 1. The van der Waals surface area contributed by atoms with Crippen molar-refractivity contribution in [3.05, 3.63) is 64.8 Å². The number of hydrogen-bond acceptors (Lipinski definition) is 7. The van der Waals surface area contributed by atoms with E-state index in [1.54, 1.807) is 49.7 Å². The number of amides is 1. The SMILES string of the molecule is COc1ccc(OC)c2sc(N(Cc3cccnc3)C(=O)c3ccc(Br)o3)nc12. The minimum Gasteiger partial charge on any atom is -0.495 e. The highest BCUT2D eigenvalue weighted by Gasteiger charge is 2.26. The molecule has 0 unspecified atom stereocenters. The minimum atomic E-state index is -0.309. The van der Waals surface area contributed by atoms with E-state index in [0.717, 1.165) is 10.3 Å². The fourth-order valence-electron chi connectivity index (χ4n) is 2.85. The lowest BCUT2D eigenvalue weighted by molar-refractivity contribution is 0.0957. The number of anilines is 1. The first-order valence-electron chi connectivity index (χ1n) is 8.58. The van der Waals surface area contributed by atoms with Crippen LogP contribution in [0.25, 0.3) is 10.2 Å². The van der Waals surface area contributed by atoms with E-state index in [4.69, 9.17) is 13.9 Å². The summed E-state index contributed by atoms with van der Waals surface area (Å²) in [7, 11) is 3.18. The Morgan fingerprint density at radius 1 is 1.17 bits per heavy atom. The molecule has 1 amide bonds. The van der Waals surface area contributed by atoms with E-state index < -0.39 is 0 Å². The molecule has 148 valence electrons. The predicted molar refractivity (Wildman–Crippen MR) is 114 cm³/mol. The molecule has 0 spiro atoms.